The lowest BCUT2D eigenvalue weighted by molar-refractivity contribution is -0.132. The van der Waals surface area contributed by atoms with Gasteiger partial charge in [-0.05, 0) is 19.1 Å². The van der Waals surface area contributed by atoms with Crippen LogP contribution < -0.4 is 0 Å². The molecule has 3 heteroatoms. The molecule has 0 aliphatic rings. The van der Waals surface area contributed by atoms with Gasteiger partial charge < -0.3 is 10.2 Å². The predicted molar refractivity (Wildman–Crippen MR) is 42.3 cm³/mol. The Morgan fingerprint density at radius 3 is 2.18 bits per heavy atom. The highest BCUT2D eigenvalue weighted by molar-refractivity contribution is 5.89. The Hall–Kier alpha value is -1.51. The van der Waals surface area contributed by atoms with Crippen molar-refractivity contribution >= 4 is 5.97 Å². The Morgan fingerprint density at radius 1 is 1.36 bits per heavy atom. The van der Waals surface area contributed by atoms with Crippen LogP contribution in [-0.4, -0.2) is 16.2 Å². The smallest absolute Gasteiger partial charge is 0.335 e. The quantitative estimate of drug-likeness (QED) is 0.369. The van der Waals surface area contributed by atoms with Gasteiger partial charge in [0.2, 0.25) is 0 Å². The number of rotatable bonds is 3. The van der Waals surface area contributed by atoms with Crippen molar-refractivity contribution in [2.45, 2.75) is 6.92 Å². The first-order valence-corrected chi connectivity index (χ1v) is 3.03. The maximum absolute atomic E-state index is 10.3. The molecule has 0 spiro atoms. The number of allylic oxidation sites excluding steroid dienone is 2. The van der Waals surface area contributed by atoms with Crippen molar-refractivity contribution in [2.75, 3.05) is 0 Å². The van der Waals surface area contributed by atoms with Crippen molar-refractivity contribution in [3.8, 4) is 0 Å². The fourth-order valence-corrected chi connectivity index (χ4v) is 0.477. The molecule has 0 aromatic heterocycles. The van der Waals surface area contributed by atoms with E-state index in [0.717, 1.165) is 0 Å². The number of hydrogen-bond donors (Lipinski definition) is 2. The number of aliphatic hydroxyl groups is 1. The summed E-state index contributed by atoms with van der Waals surface area (Å²) >= 11 is 0. The van der Waals surface area contributed by atoms with Gasteiger partial charge in [0.25, 0.3) is 0 Å². The first kappa shape index (κ1) is 9.49. The van der Waals surface area contributed by atoms with Gasteiger partial charge in [-0.25, -0.2) is 4.79 Å². The van der Waals surface area contributed by atoms with E-state index in [4.69, 9.17) is 10.2 Å². The molecule has 0 fully saturated rings. The molecule has 0 rings (SSSR count). The summed E-state index contributed by atoms with van der Waals surface area (Å²) in [7, 11) is 0. The van der Waals surface area contributed by atoms with E-state index in [9.17, 15) is 4.79 Å². The number of carboxylic acid groups (broad SMARTS) is 1. The Bertz CT molecular complexity index is 223. The molecule has 0 unspecified atom stereocenters. The summed E-state index contributed by atoms with van der Waals surface area (Å²) in [6, 6.07) is 0. The Kier molecular flexibility index (Phi) is 3.73. The highest BCUT2D eigenvalue weighted by Gasteiger charge is 1.99. The predicted octanol–water partition coefficient (Wildman–Crippen LogP) is 1.65. The fraction of sp³-hybridized carbons (Fsp3) is 0.125. The molecule has 0 saturated carbocycles. The number of carbonyl (C=O) groups is 1. The van der Waals surface area contributed by atoms with E-state index in [2.05, 4.69) is 6.58 Å². The second-order valence-electron chi connectivity index (χ2n) is 1.87. The second-order valence-corrected chi connectivity index (χ2v) is 1.87. The SMILES string of the molecule is C=C(O)/C=C\C(=C/C)C(=O)O. The van der Waals surface area contributed by atoms with Crippen LogP contribution in [0.15, 0.2) is 36.1 Å². The van der Waals surface area contributed by atoms with Gasteiger partial charge in [-0.1, -0.05) is 12.7 Å². The van der Waals surface area contributed by atoms with E-state index in [1.54, 1.807) is 6.92 Å². The first-order valence-electron chi connectivity index (χ1n) is 3.03. The third-order valence-corrected chi connectivity index (χ3v) is 1.01. The minimum atomic E-state index is -1.02. The lowest BCUT2D eigenvalue weighted by Crippen LogP contribution is -1.96. The Balaban J connectivity index is 4.34. The van der Waals surface area contributed by atoms with Crippen molar-refractivity contribution in [1.29, 1.82) is 0 Å². The summed E-state index contributed by atoms with van der Waals surface area (Å²) in [5.74, 6) is -1.18. The van der Waals surface area contributed by atoms with E-state index in [1.807, 2.05) is 0 Å². The maximum atomic E-state index is 10.3. The molecule has 0 atom stereocenters. The van der Waals surface area contributed by atoms with Crippen LogP contribution in [0, 0.1) is 0 Å². The monoisotopic (exact) mass is 154 g/mol. The average Bonchev–Trinajstić information content (AvgIpc) is 1.87. The molecule has 0 saturated heterocycles. The molecule has 0 amide bonds. The zero-order valence-electron chi connectivity index (χ0n) is 6.24. The number of carboxylic acids is 1. The van der Waals surface area contributed by atoms with Crippen LogP contribution in [0.25, 0.3) is 0 Å². The van der Waals surface area contributed by atoms with Gasteiger partial charge in [0.15, 0.2) is 0 Å². The molecule has 0 aliphatic carbocycles. The molecule has 0 aromatic rings. The number of aliphatic carboxylic acids is 1. The van der Waals surface area contributed by atoms with Gasteiger partial charge >= 0.3 is 5.97 Å². The van der Waals surface area contributed by atoms with Gasteiger partial charge in [-0.2, -0.15) is 0 Å². The van der Waals surface area contributed by atoms with Crippen LogP contribution >= 0.6 is 0 Å². The van der Waals surface area contributed by atoms with Crippen molar-refractivity contribution in [2.24, 2.45) is 0 Å². The molecule has 0 radical (unpaired) electrons. The average molecular weight is 154 g/mol. The van der Waals surface area contributed by atoms with E-state index in [0.29, 0.717) is 0 Å². The van der Waals surface area contributed by atoms with Crippen LogP contribution in [0.1, 0.15) is 6.92 Å². The molecule has 11 heavy (non-hydrogen) atoms. The number of hydrogen-bond acceptors (Lipinski definition) is 2. The van der Waals surface area contributed by atoms with Gasteiger partial charge in [0.05, 0.1) is 5.57 Å². The van der Waals surface area contributed by atoms with Crippen LogP contribution in [0.3, 0.4) is 0 Å². The van der Waals surface area contributed by atoms with E-state index >= 15 is 0 Å². The molecule has 0 bridgehead atoms. The molecule has 60 valence electrons. The molecule has 0 aromatic carbocycles. The summed E-state index contributed by atoms with van der Waals surface area (Å²) in [5, 5.41) is 17.0. The van der Waals surface area contributed by atoms with Crippen molar-refractivity contribution < 1.29 is 15.0 Å². The van der Waals surface area contributed by atoms with E-state index in [1.165, 1.54) is 18.2 Å². The highest BCUT2D eigenvalue weighted by Crippen LogP contribution is 1.98. The summed E-state index contributed by atoms with van der Waals surface area (Å²) in [5.41, 5.74) is 0.125. The summed E-state index contributed by atoms with van der Waals surface area (Å²) in [6.07, 6.45) is 3.94. The fourth-order valence-electron chi connectivity index (χ4n) is 0.477. The maximum Gasteiger partial charge on any atom is 0.335 e. The minimum absolute atomic E-state index is 0.125. The van der Waals surface area contributed by atoms with E-state index in [-0.39, 0.29) is 11.3 Å². The first-order chi connectivity index (χ1) is 5.07. The topological polar surface area (TPSA) is 57.5 Å². The minimum Gasteiger partial charge on any atom is -0.509 e. The van der Waals surface area contributed by atoms with Crippen LogP contribution in [0.2, 0.25) is 0 Å². The third kappa shape index (κ3) is 3.97. The Morgan fingerprint density at radius 2 is 1.91 bits per heavy atom. The second kappa shape index (κ2) is 4.33. The molecule has 0 heterocycles. The van der Waals surface area contributed by atoms with Crippen molar-refractivity contribution in [3.63, 3.8) is 0 Å². The lowest BCUT2D eigenvalue weighted by Gasteiger charge is -1.90. The molecule has 2 N–H and O–H groups in total. The van der Waals surface area contributed by atoms with Gasteiger partial charge in [-0.15, -0.1) is 0 Å². The van der Waals surface area contributed by atoms with Gasteiger partial charge in [0.1, 0.15) is 5.76 Å². The summed E-state index contributed by atoms with van der Waals surface area (Å²) in [6.45, 7) is 4.77. The zero-order valence-corrected chi connectivity index (χ0v) is 6.24. The van der Waals surface area contributed by atoms with Crippen LogP contribution in [0.4, 0.5) is 0 Å². The summed E-state index contributed by atoms with van der Waals surface area (Å²) < 4.78 is 0. The zero-order chi connectivity index (χ0) is 8.85. The molecular weight excluding hydrogens is 144 g/mol. The molecule has 0 aliphatic heterocycles. The van der Waals surface area contributed by atoms with Crippen molar-refractivity contribution in [3.05, 3.63) is 36.1 Å². The van der Waals surface area contributed by atoms with E-state index < -0.39 is 5.97 Å². The molecular formula is C8H10O3. The van der Waals surface area contributed by atoms with Crippen LogP contribution in [0.5, 0.6) is 0 Å². The standard InChI is InChI=1S/C8H10O3/c1-3-7(8(10)11)5-4-6(2)9/h3-5,9H,2H2,1H3,(H,10,11)/b5-4-,7-3+. The van der Waals surface area contributed by atoms with Gasteiger partial charge in [-0.3, -0.25) is 0 Å². The highest BCUT2D eigenvalue weighted by atomic mass is 16.4. The normalized spacial score (nSPS) is 11.9. The Labute approximate surface area is 65.0 Å². The van der Waals surface area contributed by atoms with Crippen LogP contribution in [-0.2, 0) is 4.79 Å². The summed E-state index contributed by atoms with van der Waals surface area (Å²) in [4.78, 5) is 10.3. The third-order valence-electron chi connectivity index (χ3n) is 1.01. The van der Waals surface area contributed by atoms with Crippen molar-refractivity contribution in [1.82, 2.24) is 0 Å². The largest absolute Gasteiger partial charge is 0.509 e. The molecule has 3 nitrogen and oxygen atoms in total. The lowest BCUT2D eigenvalue weighted by atomic mass is 10.2. The van der Waals surface area contributed by atoms with Gasteiger partial charge in [0, 0.05) is 0 Å². The number of aliphatic hydroxyl groups excluding tert-OH is 1.